The number of hydrogen-bond acceptors (Lipinski definition) is 4. The van der Waals surface area contributed by atoms with E-state index in [2.05, 4.69) is 0 Å². The van der Waals surface area contributed by atoms with Crippen LogP contribution in [-0.4, -0.2) is 22.0 Å². The minimum absolute atomic E-state index is 0.0455. The molecule has 4 N–H and O–H groups in total. The number of carboxylic acid groups (broad SMARTS) is 1. The Kier molecular flexibility index (Phi) is 4.69. The summed E-state index contributed by atoms with van der Waals surface area (Å²) < 4.78 is 0. The third-order valence-electron chi connectivity index (χ3n) is 3.91. The van der Waals surface area contributed by atoms with E-state index in [1.165, 1.54) is 12.1 Å². The zero-order chi connectivity index (χ0) is 17.1. The predicted octanol–water partition coefficient (Wildman–Crippen LogP) is 3.03. The van der Waals surface area contributed by atoms with Gasteiger partial charge in [0, 0.05) is 16.8 Å². The van der Waals surface area contributed by atoms with Crippen molar-refractivity contribution in [3.8, 4) is 5.75 Å². The molecule has 0 aliphatic carbocycles. The van der Waals surface area contributed by atoms with Gasteiger partial charge in [-0.1, -0.05) is 32.0 Å². The van der Waals surface area contributed by atoms with Crippen LogP contribution in [0.25, 0.3) is 0 Å². The Hall–Kier alpha value is -2.82. The minimum Gasteiger partial charge on any atom is -0.507 e. The van der Waals surface area contributed by atoms with Gasteiger partial charge >= 0.3 is 5.97 Å². The number of ketones is 1. The maximum atomic E-state index is 12.8. The van der Waals surface area contributed by atoms with E-state index < -0.39 is 11.8 Å². The predicted molar refractivity (Wildman–Crippen MR) is 88.1 cm³/mol. The summed E-state index contributed by atoms with van der Waals surface area (Å²) in [4.78, 5) is 24.1. The molecule has 2 rings (SSSR count). The van der Waals surface area contributed by atoms with Gasteiger partial charge in [0.05, 0.1) is 11.1 Å². The van der Waals surface area contributed by atoms with Gasteiger partial charge in [0.25, 0.3) is 0 Å². The lowest BCUT2D eigenvalue weighted by Gasteiger charge is -2.15. The zero-order valence-electron chi connectivity index (χ0n) is 13.1. The summed E-state index contributed by atoms with van der Waals surface area (Å²) in [6.07, 6.45) is 1.09. The Labute approximate surface area is 134 Å². The van der Waals surface area contributed by atoms with Gasteiger partial charge in [-0.3, -0.25) is 4.79 Å². The molecule has 0 atom stereocenters. The second-order valence-electron chi connectivity index (χ2n) is 5.21. The number of aromatic carboxylic acids is 1. The van der Waals surface area contributed by atoms with Crippen molar-refractivity contribution < 1.29 is 19.8 Å². The Morgan fingerprint density at radius 1 is 1.04 bits per heavy atom. The maximum Gasteiger partial charge on any atom is 0.336 e. The Balaban J connectivity index is 2.68. The fourth-order valence-corrected chi connectivity index (χ4v) is 2.64. The number of aromatic hydroxyl groups is 1. The van der Waals surface area contributed by atoms with E-state index in [-0.39, 0.29) is 22.4 Å². The minimum atomic E-state index is -1.18. The van der Waals surface area contributed by atoms with Gasteiger partial charge in [0.1, 0.15) is 5.75 Å². The van der Waals surface area contributed by atoms with Crippen molar-refractivity contribution >= 4 is 17.4 Å². The molecule has 0 unspecified atom stereocenters. The van der Waals surface area contributed by atoms with Crippen LogP contribution in [0.15, 0.2) is 30.3 Å². The first-order valence-corrected chi connectivity index (χ1v) is 7.42. The van der Waals surface area contributed by atoms with E-state index in [0.717, 1.165) is 5.56 Å². The van der Waals surface area contributed by atoms with Gasteiger partial charge in [0.15, 0.2) is 5.78 Å². The van der Waals surface area contributed by atoms with Crippen LogP contribution in [-0.2, 0) is 12.8 Å². The van der Waals surface area contributed by atoms with E-state index in [1.54, 1.807) is 18.2 Å². The largest absolute Gasteiger partial charge is 0.507 e. The first kappa shape index (κ1) is 16.5. The molecule has 2 aromatic rings. The molecule has 0 bridgehead atoms. The molecule has 0 fully saturated rings. The molecule has 2 aromatic carbocycles. The number of anilines is 1. The van der Waals surface area contributed by atoms with Gasteiger partial charge in [-0.2, -0.15) is 0 Å². The molecule has 0 radical (unpaired) electrons. The molecule has 0 aromatic heterocycles. The number of benzene rings is 2. The first-order chi connectivity index (χ1) is 10.9. The van der Waals surface area contributed by atoms with E-state index in [4.69, 9.17) is 5.73 Å². The number of nitrogen functional groups attached to an aromatic ring is 1. The maximum absolute atomic E-state index is 12.8. The van der Waals surface area contributed by atoms with Crippen molar-refractivity contribution in [1.29, 1.82) is 0 Å². The number of hydrogen-bond donors (Lipinski definition) is 3. The molecular weight excluding hydrogens is 294 g/mol. The Bertz CT molecular complexity index is 781. The van der Waals surface area contributed by atoms with Crippen molar-refractivity contribution in [3.05, 3.63) is 58.1 Å². The highest BCUT2D eigenvalue weighted by Gasteiger charge is 2.23. The van der Waals surface area contributed by atoms with Crippen molar-refractivity contribution in [2.75, 3.05) is 5.73 Å². The van der Waals surface area contributed by atoms with E-state index >= 15 is 0 Å². The number of phenolic OH excluding ortho intramolecular Hbond substituents is 1. The molecule has 5 nitrogen and oxygen atoms in total. The third-order valence-corrected chi connectivity index (χ3v) is 3.91. The summed E-state index contributed by atoms with van der Waals surface area (Å²) in [6, 6.07) is 7.50. The fourth-order valence-electron chi connectivity index (χ4n) is 2.64. The van der Waals surface area contributed by atoms with E-state index in [1.807, 2.05) is 13.8 Å². The van der Waals surface area contributed by atoms with Crippen LogP contribution in [0.4, 0.5) is 5.69 Å². The average Bonchev–Trinajstić information content (AvgIpc) is 2.55. The molecule has 0 aliphatic rings. The molecule has 23 heavy (non-hydrogen) atoms. The van der Waals surface area contributed by atoms with Crippen LogP contribution >= 0.6 is 0 Å². The molecule has 0 saturated heterocycles. The van der Waals surface area contributed by atoms with Crippen molar-refractivity contribution in [2.45, 2.75) is 26.7 Å². The number of phenols is 1. The average molecular weight is 313 g/mol. The molecule has 0 spiro atoms. The summed E-state index contributed by atoms with van der Waals surface area (Å²) in [7, 11) is 0. The molecule has 0 saturated carbocycles. The quantitative estimate of drug-likeness (QED) is 0.582. The van der Waals surface area contributed by atoms with Crippen LogP contribution in [0.2, 0.25) is 0 Å². The monoisotopic (exact) mass is 313 g/mol. The Morgan fingerprint density at radius 2 is 1.65 bits per heavy atom. The standard InChI is InChI=1S/C18H19NO4/c1-3-10-9-14(16(20)11(4-2)15(10)19)17(21)12-7-5-6-8-13(12)18(22)23/h5-9,20H,3-4,19H2,1-2H3,(H,22,23). The Morgan fingerprint density at radius 3 is 2.17 bits per heavy atom. The molecule has 5 heteroatoms. The van der Waals surface area contributed by atoms with E-state index in [9.17, 15) is 19.8 Å². The summed E-state index contributed by atoms with van der Waals surface area (Å²) in [5, 5.41) is 19.6. The topological polar surface area (TPSA) is 101 Å². The van der Waals surface area contributed by atoms with Crippen LogP contribution in [0, 0.1) is 0 Å². The number of carboxylic acids is 1. The fraction of sp³-hybridized carbons (Fsp3) is 0.222. The van der Waals surface area contributed by atoms with E-state index in [0.29, 0.717) is 24.1 Å². The van der Waals surface area contributed by atoms with Crippen LogP contribution in [0.5, 0.6) is 5.75 Å². The first-order valence-electron chi connectivity index (χ1n) is 7.42. The summed E-state index contributed by atoms with van der Waals surface area (Å²) in [5.41, 5.74) is 7.82. The van der Waals surface area contributed by atoms with Crippen LogP contribution < -0.4 is 5.73 Å². The summed E-state index contributed by atoms with van der Waals surface area (Å²) >= 11 is 0. The van der Waals surface area contributed by atoms with Gasteiger partial charge in [-0.05, 0) is 30.5 Å². The highest BCUT2D eigenvalue weighted by atomic mass is 16.4. The molecular formula is C18H19NO4. The highest BCUT2D eigenvalue weighted by Crippen LogP contribution is 2.34. The normalized spacial score (nSPS) is 10.5. The van der Waals surface area contributed by atoms with Crippen molar-refractivity contribution in [3.63, 3.8) is 0 Å². The molecule has 120 valence electrons. The van der Waals surface area contributed by atoms with Crippen molar-refractivity contribution in [1.82, 2.24) is 0 Å². The lowest BCUT2D eigenvalue weighted by Crippen LogP contribution is -2.12. The number of aryl methyl sites for hydroxylation is 1. The SMILES string of the molecule is CCc1cc(C(=O)c2ccccc2C(=O)O)c(O)c(CC)c1N. The highest BCUT2D eigenvalue weighted by molar-refractivity contribution is 6.16. The second-order valence-corrected chi connectivity index (χ2v) is 5.21. The van der Waals surface area contributed by atoms with Gasteiger partial charge in [-0.15, -0.1) is 0 Å². The van der Waals surface area contributed by atoms with Crippen molar-refractivity contribution in [2.24, 2.45) is 0 Å². The number of carbonyl (C=O) groups excluding carboxylic acids is 1. The van der Waals surface area contributed by atoms with Gasteiger partial charge in [-0.25, -0.2) is 4.79 Å². The number of rotatable bonds is 5. The van der Waals surface area contributed by atoms with Crippen LogP contribution in [0.1, 0.15) is 51.3 Å². The summed E-state index contributed by atoms with van der Waals surface area (Å²) in [5.74, 6) is -1.88. The van der Waals surface area contributed by atoms with Gasteiger partial charge < -0.3 is 15.9 Å². The second kappa shape index (κ2) is 6.52. The van der Waals surface area contributed by atoms with Crippen LogP contribution in [0.3, 0.4) is 0 Å². The lowest BCUT2D eigenvalue weighted by atomic mass is 9.92. The lowest BCUT2D eigenvalue weighted by molar-refractivity contribution is 0.0692. The number of carbonyl (C=O) groups is 2. The molecule has 0 aliphatic heterocycles. The molecule has 0 amide bonds. The third kappa shape index (κ3) is 2.90. The number of nitrogens with two attached hydrogens (primary N) is 1. The summed E-state index contributed by atoms with van der Waals surface area (Å²) in [6.45, 7) is 3.74. The zero-order valence-corrected chi connectivity index (χ0v) is 13.1. The van der Waals surface area contributed by atoms with Gasteiger partial charge in [0.2, 0.25) is 0 Å². The smallest absolute Gasteiger partial charge is 0.336 e. The molecule has 0 heterocycles.